The van der Waals surface area contributed by atoms with Gasteiger partial charge in [0, 0.05) is 5.41 Å². The lowest BCUT2D eigenvalue weighted by atomic mass is 9.68. The van der Waals surface area contributed by atoms with E-state index in [1.807, 2.05) is 36.4 Å². The van der Waals surface area contributed by atoms with Gasteiger partial charge in [0.25, 0.3) is 0 Å². The van der Waals surface area contributed by atoms with E-state index in [2.05, 4.69) is 30.4 Å². The summed E-state index contributed by atoms with van der Waals surface area (Å²) in [6.45, 7) is 2.21. The number of anilines is 1. The average Bonchev–Trinajstić information content (AvgIpc) is 2.64. The minimum absolute atomic E-state index is 0.00777. The molecule has 2 atom stereocenters. The molecule has 1 heterocycles. The molecule has 1 aliphatic rings. The zero-order valence-electron chi connectivity index (χ0n) is 14.0. The topological polar surface area (TPSA) is 32.3 Å². The van der Waals surface area contributed by atoms with Crippen LogP contribution in [0.5, 0.6) is 5.75 Å². The summed E-state index contributed by atoms with van der Waals surface area (Å²) >= 11 is 0. The summed E-state index contributed by atoms with van der Waals surface area (Å²) in [4.78, 5) is 0. The second-order valence-electron chi connectivity index (χ2n) is 6.85. The molecule has 0 bridgehead atoms. The van der Waals surface area contributed by atoms with Crippen molar-refractivity contribution in [1.82, 2.24) is 0 Å². The van der Waals surface area contributed by atoms with Crippen molar-refractivity contribution in [2.24, 2.45) is 0 Å². The highest BCUT2D eigenvalue weighted by atomic mass is 19.1. The van der Waals surface area contributed by atoms with Gasteiger partial charge in [-0.25, -0.2) is 4.39 Å². The first-order valence-electron chi connectivity index (χ1n) is 8.48. The van der Waals surface area contributed by atoms with E-state index in [1.165, 1.54) is 17.7 Å². The molecule has 126 valence electrons. The molecule has 0 amide bonds. The second-order valence-corrected chi connectivity index (χ2v) is 6.85. The summed E-state index contributed by atoms with van der Waals surface area (Å²) in [5.74, 6) is 0.0000886. The molecule has 0 radical (unpaired) electrons. The summed E-state index contributed by atoms with van der Waals surface area (Å²) in [6, 6.07) is 22.6. The van der Waals surface area contributed by atoms with E-state index < -0.39 is 0 Å². The molecule has 0 spiro atoms. The quantitative estimate of drug-likeness (QED) is 0.616. The lowest BCUT2D eigenvalue weighted by Crippen LogP contribution is -2.34. The number of rotatable bonds is 2. The zero-order valence-corrected chi connectivity index (χ0v) is 14.0. The summed E-state index contributed by atoms with van der Waals surface area (Å²) in [5, 5.41) is 13.9. The van der Waals surface area contributed by atoms with Crippen LogP contribution in [0, 0.1) is 5.82 Å². The van der Waals surface area contributed by atoms with Gasteiger partial charge < -0.3 is 10.4 Å². The van der Waals surface area contributed by atoms with Gasteiger partial charge in [-0.2, -0.15) is 0 Å². The van der Waals surface area contributed by atoms with Crippen molar-refractivity contribution in [1.29, 1.82) is 0 Å². The van der Waals surface area contributed by atoms with Crippen molar-refractivity contribution in [2.75, 3.05) is 5.32 Å². The highest BCUT2D eigenvalue weighted by Crippen LogP contribution is 2.50. The normalized spacial score (nSPS) is 22.1. The van der Waals surface area contributed by atoms with E-state index in [-0.39, 0.29) is 23.0 Å². The van der Waals surface area contributed by atoms with Crippen LogP contribution in [0.4, 0.5) is 10.1 Å². The molecule has 3 heteroatoms. The van der Waals surface area contributed by atoms with Crippen LogP contribution >= 0.6 is 0 Å². The number of hydrogen-bond donors (Lipinski definition) is 2. The molecule has 0 saturated heterocycles. The van der Waals surface area contributed by atoms with Crippen molar-refractivity contribution in [3.63, 3.8) is 0 Å². The Bertz CT molecular complexity index is 892. The molecule has 0 aliphatic carbocycles. The Morgan fingerprint density at radius 3 is 2.40 bits per heavy atom. The number of aromatic hydroxyl groups is 1. The monoisotopic (exact) mass is 333 g/mol. The molecule has 0 saturated carbocycles. The van der Waals surface area contributed by atoms with Crippen molar-refractivity contribution < 1.29 is 9.50 Å². The van der Waals surface area contributed by atoms with Crippen LogP contribution in [0.1, 0.15) is 36.1 Å². The van der Waals surface area contributed by atoms with Gasteiger partial charge in [-0.15, -0.1) is 0 Å². The summed E-state index contributed by atoms with van der Waals surface area (Å²) in [7, 11) is 0. The average molecular weight is 333 g/mol. The first-order valence-corrected chi connectivity index (χ1v) is 8.48. The van der Waals surface area contributed by atoms with Crippen LogP contribution in [0.25, 0.3) is 0 Å². The molecule has 3 aromatic rings. The van der Waals surface area contributed by atoms with Crippen molar-refractivity contribution in [3.8, 4) is 5.75 Å². The van der Waals surface area contributed by atoms with E-state index in [9.17, 15) is 9.50 Å². The van der Waals surface area contributed by atoms with E-state index in [0.717, 1.165) is 23.2 Å². The molecule has 4 rings (SSSR count). The predicted molar refractivity (Wildman–Crippen MR) is 98.4 cm³/mol. The Hall–Kier alpha value is -2.81. The first kappa shape index (κ1) is 15.7. The largest absolute Gasteiger partial charge is 0.506 e. The van der Waals surface area contributed by atoms with Crippen molar-refractivity contribution in [3.05, 3.63) is 95.3 Å². The predicted octanol–water partition coefficient (Wildman–Crippen LogP) is 5.39. The number of nitrogens with one attached hydrogen (secondary N) is 1. The third kappa shape index (κ3) is 2.66. The molecular formula is C22H20FNO. The molecule has 0 aromatic heterocycles. The molecule has 3 aromatic carbocycles. The minimum atomic E-state index is -0.250. The molecule has 1 aliphatic heterocycles. The standard InChI is InChI=1S/C22H20FNO/c1-22(16-6-3-2-4-7-16)14-19(15-10-12-17(23)13-11-15)24-21-18(22)8-5-9-20(21)25/h2-13,19,24-25H,14H2,1H3/t19-,22-/m0/s1. The van der Waals surface area contributed by atoms with Crippen molar-refractivity contribution >= 4 is 5.69 Å². The Morgan fingerprint density at radius 1 is 0.960 bits per heavy atom. The third-order valence-electron chi connectivity index (χ3n) is 5.25. The fraction of sp³-hybridized carbons (Fsp3) is 0.182. The minimum Gasteiger partial charge on any atom is -0.506 e. The summed E-state index contributed by atoms with van der Waals surface area (Å²) in [5.41, 5.74) is 3.80. The lowest BCUT2D eigenvalue weighted by Gasteiger charge is -2.42. The summed E-state index contributed by atoms with van der Waals surface area (Å²) < 4.78 is 13.3. The summed E-state index contributed by atoms with van der Waals surface area (Å²) in [6.07, 6.45) is 0.819. The lowest BCUT2D eigenvalue weighted by molar-refractivity contribution is 0.438. The number of para-hydroxylation sites is 1. The van der Waals surface area contributed by atoms with Gasteiger partial charge in [-0.05, 0) is 41.3 Å². The van der Waals surface area contributed by atoms with E-state index >= 15 is 0 Å². The first-order chi connectivity index (χ1) is 12.1. The van der Waals surface area contributed by atoms with Crippen LogP contribution in [0.3, 0.4) is 0 Å². The Kier molecular flexibility index (Phi) is 3.72. The fourth-order valence-corrected chi connectivity index (χ4v) is 3.87. The number of halogens is 1. The number of hydrogen-bond acceptors (Lipinski definition) is 2. The van der Waals surface area contributed by atoms with Crippen LogP contribution in [-0.4, -0.2) is 5.11 Å². The van der Waals surface area contributed by atoms with Gasteiger partial charge >= 0.3 is 0 Å². The van der Waals surface area contributed by atoms with Gasteiger partial charge in [-0.3, -0.25) is 0 Å². The fourth-order valence-electron chi connectivity index (χ4n) is 3.87. The number of phenols is 1. The highest BCUT2D eigenvalue weighted by Gasteiger charge is 2.39. The van der Waals surface area contributed by atoms with E-state index in [0.29, 0.717) is 0 Å². The molecule has 25 heavy (non-hydrogen) atoms. The second kappa shape index (κ2) is 5.92. The number of phenolic OH excluding ortho intramolecular Hbond substituents is 1. The molecule has 0 unspecified atom stereocenters. The van der Waals surface area contributed by atoms with Gasteiger partial charge in [0.05, 0.1) is 11.7 Å². The molecule has 2 nitrogen and oxygen atoms in total. The van der Waals surface area contributed by atoms with E-state index in [4.69, 9.17) is 0 Å². The smallest absolute Gasteiger partial charge is 0.139 e. The maximum Gasteiger partial charge on any atom is 0.139 e. The Morgan fingerprint density at radius 2 is 1.68 bits per heavy atom. The van der Waals surface area contributed by atoms with Crippen LogP contribution < -0.4 is 5.32 Å². The number of fused-ring (bicyclic) bond motifs is 1. The maximum absolute atomic E-state index is 13.3. The van der Waals surface area contributed by atoms with Crippen molar-refractivity contribution in [2.45, 2.75) is 24.8 Å². The van der Waals surface area contributed by atoms with Crippen LogP contribution in [0.15, 0.2) is 72.8 Å². The Labute approximate surface area is 147 Å². The van der Waals surface area contributed by atoms with Gasteiger partial charge in [0.1, 0.15) is 11.6 Å². The number of benzene rings is 3. The van der Waals surface area contributed by atoms with Gasteiger partial charge in [0.2, 0.25) is 0 Å². The molecule has 2 N–H and O–H groups in total. The Balaban J connectivity index is 1.86. The van der Waals surface area contributed by atoms with Gasteiger partial charge in [-0.1, -0.05) is 61.5 Å². The van der Waals surface area contributed by atoms with Crippen LogP contribution in [0.2, 0.25) is 0 Å². The van der Waals surface area contributed by atoms with Gasteiger partial charge in [0.15, 0.2) is 0 Å². The highest BCUT2D eigenvalue weighted by molar-refractivity contribution is 5.68. The maximum atomic E-state index is 13.3. The SMILES string of the molecule is C[C@@]1(c2ccccc2)C[C@@H](c2ccc(F)cc2)Nc2c(O)cccc21. The van der Waals surface area contributed by atoms with Crippen LogP contribution in [-0.2, 0) is 5.41 Å². The molecule has 0 fully saturated rings. The van der Waals surface area contributed by atoms with E-state index in [1.54, 1.807) is 6.07 Å². The zero-order chi connectivity index (χ0) is 17.4. The molecular weight excluding hydrogens is 313 g/mol. The third-order valence-corrected chi connectivity index (χ3v) is 5.25.